The van der Waals surface area contributed by atoms with Crippen LogP contribution in [-0.4, -0.2) is 50.9 Å². The minimum atomic E-state index is -2.73. The second kappa shape index (κ2) is 8.61. The molecule has 32 heavy (non-hydrogen) atoms. The average molecular weight is 439 g/mol. The summed E-state index contributed by atoms with van der Waals surface area (Å²) in [6, 6.07) is 3.16. The lowest BCUT2D eigenvalue weighted by molar-refractivity contribution is -0.117. The normalized spacial score (nSPS) is 14.7. The second-order valence-electron chi connectivity index (χ2n) is 7.38. The monoisotopic (exact) mass is 439 g/mol. The maximum Gasteiger partial charge on any atom is 0.273 e. The van der Waals surface area contributed by atoms with Gasteiger partial charge >= 0.3 is 0 Å². The van der Waals surface area contributed by atoms with E-state index in [9.17, 15) is 9.59 Å². The molecule has 3 heterocycles. The average Bonchev–Trinajstić information content (AvgIpc) is 3.57. The van der Waals surface area contributed by atoms with Crippen LogP contribution in [0.25, 0.3) is 11.1 Å². The Morgan fingerprint density at radius 1 is 1.28 bits per heavy atom. The summed E-state index contributed by atoms with van der Waals surface area (Å²) in [5.74, 6) is -0.538. The number of pyridine rings is 1. The number of aryl methyl sites for hydroxylation is 2. The molecule has 0 aromatic carbocycles. The number of carbonyl (C=O) groups excluding carboxylic acids is 2. The van der Waals surface area contributed by atoms with E-state index in [-0.39, 0.29) is 34.8 Å². The van der Waals surface area contributed by atoms with Crippen molar-refractivity contribution in [3.63, 3.8) is 0 Å². The first kappa shape index (κ1) is 17.6. The van der Waals surface area contributed by atoms with Crippen LogP contribution in [0.1, 0.15) is 33.1 Å². The number of ether oxygens (including phenoxy) is 1. The van der Waals surface area contributed by atoms with Gasteiger partial charge in [-0.3, -0.25) is 14.3 Å². The zero-order valence-corrected chi connectivity index (χ0v) is 17.8. The molecule has 0 bridgehead atoms. The van der Waals surface area contributed by atoms with Crippen molar-refractivity contribution in [1.29, 1.82) is 0 Å². The summed E-state index contributed by atoms with van der Waals surface area (Å²) in [5, 5.41) is 19.7. The van der Waals surface area contributed by atoms with Gasteiger partial charge < -0.3 is 20.7 Å². The highest BCUT2D eigenvalue weighted by Gasteiger charge is 2.30. The third-order valence-electron chi connectivity index (χ3n) is 4.99. The third-order valence-corrected chi connectivity index (χ3v) is 4.99. The molecular weight excluding hydrogens is 412 g/mol. The van der Waals surface area contributed by atoms with E-state index in [2.05, 4.69) is 30.9 Å². The number of nitrogens with one attached hydrogen (secondary N) is 3. The van der Waals surface area contributed by atoms with Gasteiger partial charge in [-0.05, 0) is 25.8 Å². The van der Waals surface area contributed by atoms with Crippen LogP contribution < -0.4 is 20.7 Å². The first-order chi connectivity index (χ1) is 16.6. The zero-order chi connectivity index (χ0) is 25.3. The van der Waals surface area contributed by atoms with E-state index in [1.165, 1.54) is 13.2 Å². The fraction of sp³-hybridized carbons (Fsp3) is 0.333. The Kier molecular flexibility index (Phi) is 4.75. The van der Waals surface area contributed by atoms with Crippen molar-refractivity contribution in [1.82, 2.24) is 30.3 Å². The van der Waals surface area contributed by atoms with Gasteiger partial charge in [0, 0.05) is 53.6 Å². The van der Waals surface area contributed by atoms with E-state index < -0.39 is 12.9 Å². The molecule has 11 nitrogen and oxygen atoms in total. The van der Waals surface area contributed by atoms with Gasteiger partial charge in [0.15, 0.2) is 23.1 Å². The minimum absolute atomic E-state index is 0.0760. The summed E-state index contributed by atoms with van der Waals surface area (Å²) in [6.45, 7) is -0.871. The van der Waals surface area contributed by atoms with E-state index in [1.54, 1.807) is 24.0 Å². The molecule has 1 aliphatic carbocycles. The highest BCUT2D eigenvalue weighted by Crippen LogP contribution is 2.38. The largest absolute Gasteiger partial charge is 0.492 e. The Morgan fingerprint density at radius 3 is 2.75 bits per heavy atom. The quantitative estimate of drug-likeness (QED) is 0.509. The number of rotatable bonds is 7. The van der Waals surface area contributed by atoms with Crippen molar-refractivity contribution < 1.29 is 18.4 Å². The fourth-order valence-corrected chi connectivity index (χ4v) is 3.30. The van der Waals surface area contributed by atoms with Crippen LogP contribution in [0.15, 0.2) is 24.5 Å². The fourth-order valence-electron chi connectivity index (χ4n) is 3.30. The van der Waals surface area contributed by atoms with Crippen LogP contribution in [0.3, 0.4) is 0 Å². The van der Waals surface area contributed by atoms with E-state index in [0.717, 1.165) is 24.1 Å². The molecule has 11 heteroatoms. The molecule has 0 radical (unpaired) electrons. The molecule has 2 amide bonds. The number of methoxy groups -OCH3 is 1. The van der Waals surface area contributed by atoms with Gasteiger partial charge in [0.2, 0.25) is 5.91 Å². The Morgan fingerprint density at radius 2 is 2.09 bits per heavy atom. The predicted molar refractivity (Wildman–Crippen MR) is 118 cm³/mol. The number of anilines is 3. The van der Waals surface area contributed by atoms with Crippen molar-refractivity contribution in [3.8, 4) is 16.9 Å². The van der Waals surface area contributed by atoms with Gasteiger partial charge in [-0.2, -0.15) is 5.10 Å². The number of aromatic nitrogens is 5. The molecule has 166 valence electrons. The standard InChI is InChI=1S/C21H24N8O3/c1-11-14(10-29(3)28-11)13-7-8-23-19(18(13)32-4)24-15-9-16(25-20(30)12-5-6-12)26-27-17(15)21(31)22-2/h7-10,12H,5-6H2,1-4H3,(H,22,31)(H2,23,24,25,26,30)/i2D3. The molecule has 3 aromatic rings. The molecule has 4 rings (SSSR count). The summed E-state index contributed by atoms with van der Waals surface area (Å²) in [6.07, 6.45) is 4.99. The van der Waals surface area contributed by atoms with E-state index in [4.69, 9.17) is 8.85 Å². The number of nitrogens with zero attached hydrogens (tertiary/aromatic N) is 5. The highest BCUT2D eigenvalue weighted by molar-refractivity contribution is 5.99. The molecule has 3 aromatic heterocycles. The smallest absolute Gasteiger partial charge is 0.273 e. The second-order valence-corrected chi connectivity index (χ2v) is 7.38. The van der Waals surface area contributed by atoms with Crippen LogP contribution in [0.2, 0.25) is 0 Å². The number of hydrogen-bond donors (Lipinski definition) is 3. The Bertz CT molecular complexity index is 1290. The van der Waals surface area contributed by atoms with E-state index in [1.807, 2.05) is 18.4 Å². The Labute approximate surface area is 188 Å². The molecule has 3 N–H and O–H groups in total. The van der Waals surface area contributed by atoms with Crippen molar-refractivity contribution in [2.24, 2.45) is 13.0 Å². The Hall–Kier alpha value is -4.02. The van der Waals surface area contributed by atoms with Crippen molar-refractivity contribution in [2.45, 2.75) is 19.8 Å². The predicted octanol–water partition coefficient (Wildman–Crippen LogP) is 2.04. The molecule has 0 atom stereocenters. The van der Waals surface area contributed by atoms with Crippen LogP contribution >= 0.6 is 0 Å². The molecule has 0 spiro atoms. The van der Waals surface area contributed by atoms with Gasteiger partial charge in [-0.15, -0.1) is 10.2 Å². The SMILES string of the molecule is [2H]C([2H])([2H])NC(=O)c1nnc(NC(=O)C2CC2)cc1Nc1nccc(-c2cn(C)nc2C)c1OC. The summed E-state index contributed by atoms with van der Waals surface area (Å²) < 4.78 is 29.3. The van der Waals surface area contributed by atoms with Gasteiger partial charge in [0.25, 0.3) is 5.91 Å². The third kappa shape index (κ3) is 4.22. The molecule has 0 saturated heterocycles. The number of amides is 2. The lowest BCUT2D eigenvalue weighted by atomic mass is 10.1. The van der Waals surface area contributed by atoms with Crippen LogP contribution in [0, 0.1) is 12.8 Å². The summed E-state index contributed by atoms with van der Waals surface area (Å²) in [4.78, 5) is 29.2. The topological polar surface area (TPSA) is 136 Å². The molecule has 1 aliphatic rings. The first-order valence-corrected chi connectivity index (χ1v) is 9.87. The zero-order valence-electron chi connectivity index (χ0n) is 20.8. The van der Waals surface area contributed by atoms with E-state index in [0.29, 0.717) is 11.3 Å². The van der Waals surface area contributed by atoms with Crippen LogP contribution in [0.4, 0.5) is 17.3 Å². The lowest BCUT2D eigenvalue weighted by Crippen LogP contribution is -2.22. The summed E-state index contributed by atoms with van der Waals surface area (Å²) >= 11 is 0. The van der Waals surface area contributed by atoms with Crippen LogP contribution in [-0.2, 0) is 11.8 Å². The van der Waals surface area contributed by atoms with Crippen molar-refractivity contribution >= 4 is 29.1 Å². The molecule has 0 aliphatic heterocycles. The highest BCUT2D eigenvalue weighted by atomic mass is 16.5. The molecule has 1 fully saturated rings. The first-order valence-electron chi connectivity index (χ1n) is 11.4. The number of carbonyl (C=O) groups is 2. The molecule has 0 unspecified atom stereocenters. The maximum atomic E-state index is 12.6. The van der Waals surface area contributed by atoms with Crippen molar-refractivity contribution in [2.75, 3.05) is 24.7 Å². The van der Waals surface area contributed by atoms with Gasteiger partial charge in [0.05, 0.1) is 18.5 Å². The maximum absolute atomic E-state index is 12.6. The molecular formula is C21H24N8O3. The van der Waals surface area contributed by atoms with Crippen LogP contribution in [0.5, 0.6) is 5.75 Å². The minimum Gasteiger partial charge on any atom is -0.492 e. The van der Waals surface area contributed by atoms with Gasteiger partial charge in [-0.1, -0.05) is 0 Å². The van der Waals surface area contributed by atoms with Crippen molar-refractivity contribution in [3.05, 3.63) is 35.9 Å². The van der Waals surface area contributed by atoms with Gasteiger partial charge in [-0.25, -0.2) is 4.98 Å². The van der Waals surface area contributed by atoms with Gasteiger partial charge in [0.1, 0.15) is 0 Å². The lowest BCUT2D eigenvalue weighted by Gasteiger charge is -2.15. The Balaban J connectivity index is 1.74. The number of hydrogen-bond acceptors (Lipinski definition) is 8. The van der Waals surface area contributed by atoms with E-state index >= 15 is 0 Å². The molecule has 1 saturated carbocycles. The summed E-state index contributed by atoms with van der Waals surface area (Å²) in [5.41, 5.74) is 2.08. The summed E-state index contributed by atoms with van der Waals surface area (Å²) in [7, 11) is 3.28.